The lowest BCUT2D eigenvalue weighted by Gasteiger charge is -2.13. The fourth-order valence-electron chi connectivity index (χ4n) is 1.74. The molecule has 0 unspecified atom stereocenters. The summed E-state index contributed by atoms with van der Waals surface area (Å²) in [5.41, 5.74) is -0.262. The molecule has 7 heteroatoms. The number of hydrogen-bond donors (Lipinski definition) is 1. The van der Waals surface area contributed by atoms with E-state index in [0.717, 1.165) is 30.3 Å². The van der Waals surface area contributed by atoms with Gasteiger partial charge in [0.2, 0.25) is 0 Å². The van der Waals surface area contributed by atoms with Crippen LogP contribution in [0.4, 0.5) is 14.5 Å². The first kappa shape index (κ1) is 14.9. The monoisotopic (exact) mass is 295 g/mol. The molecular formula is C14H11F2NO4. The third-order valence-corrected chi connectivity index (χ3v) is 2.77. The Hall–Kier alpha value is -2.54. The number of aliphatic hydroxyl groups is 1. The highest BCUT2D eigenvalue weighted by Crippen LogP contribution is 2.32. The SMILES string of the molecule is C[C@H](O)c1cc(F)ccc1Oc1ccc([N+](=O)[O-])cc1F. The zero-order valence-electron chi connectivity index (χ0n) is 10.9. The summed E-state index contributed by atoms with van der Waals surface area (Å²) in [4.78, 5) is 9.80. The largest absolute Gasteiger partial charge is 0.454 e. The van der Waals surface area contributed by atoms with Crippen LogP contribution in [0.3, 0.4) is 0 Å². The lowest BCUT2D eigenvalue weighted by Crippen LogP contribution is -1.98. The molecule has 0 saturated heterocycles. The summed E-state index contributed by atoms with van der Waals surface area (Å²) >= 11 is 0. The van der Waals surface area contributed by atoms with Crippen molar-refractivity contribution in [1.82, 2.24) is 0 Å². The van der Waals surface area contributed by atoms with Crippen molar-refractivity contribution >= 4 is 5.69 Å². The van der Waals surface area contributed by atoms with Crippen LogP contribution < -0.4 is 4.74 Å². The maximum absolute atomic E-state index is 13.7. The van der Waals surface area contributed by atoms with Gasteiger partial charge in [0.1, 0.15) is 11.6 Å². The first-order valence-corrected chi connectivity index (χ1v) is 5.98. The highest BCUT2D eigenvalue weighted by Gasteiger charge is 2.16. The van der Waals surface area contributed by atoms with Crippen molar-refractivity contribution in [3.8, 4) is 11.5 Å². The molecule has 0 saturated carbocycles. The van der Waals surface area contributed by atoms with Gasteiger partial charge in [0.15, 0.2) is 11.6 Å². The van der Waals surface area contributed by atoms with Crippen LogP contribution in [0, 0.1) is 21.7 Å². The minimum Gasteiger partial charge on any atom is -0.454 e. The Morgan fingerprint density at radius 3 is 2.43 bits per heavy atom. The molecule has 2 aromatic rings. The smallest absolute Gasteiger partial charge is 0.272 e. The average molecular weight is 295 g/mol. The Morgan fingerprint density at radius 1 is 1.19 bits per heavy atom. The van der Waals surface area contributed by atoms with Gasteiger partial charge < -0.3 is 9.84 Å². The number of nitro benzene ring substituents is 1. The molecule has 2 aromatic carbocycles. The van der Waals surface area contributed by atoms with Gasteiger partial charge in [-0.05, 0) is 31.2 Å². The van der Waals surface area contributed by atoms with Gasteiger partial charge in [0, 0.05) is 11.6 Å². The van der Waals surface area contributed by atoms with Crippen LogP contribution >= 0.6 is 0 Å². The summed E-state index contributed by atoms with van der Waals surface area (Å²) < 4.78 is 32.2. The van der Waals surface area contributed by atoms with E-state index in [0.29, 0.717) is 0 Å². The number of aliphatic hydroxyl groups excluding tert-OH is 1. The molecule has 0 aliphatic rings. The Kier molecular flexibility index (Phi) is 4.13. The Morgan fingerprint density at radius 2 is 1.86 bits per heavy atom. The van der Waals surface area contributed by atoms with E-state index in [4.69, 9.17) is 4.74 Å². The van der Waals surface area contributed by atoms with Gasteiger partial charge >= 0.3 is 0 Å². The van der Waals surface area contributed by atoms with Crippen LogP contribution in [-0.4, -0.2) is 10.0 Å². The van der Waals surface area contributed by atoms with Gasteiger partial charge in [0.25, 0.3) is 5.69 Å². The quantitative estimate of drug-likeness (QED) is 0.689. The van der Waals surface area contributed by atoms with Crippen molar-refractivity contribution < 1.29 is 23.5 Å². The zero-order valence-corrected chi connectivity index (χ0v) is 10.9. The predicted octanol–water partition coefficient (Wildman–Crippen LogP) is 3.72. The van der Waals surface area contributed by atoms with E-state index in [1.54, 1.807) is 0 Å². The van der Waals surface area contributed by atoms with Crippen molar-refractivity contribution in [2.45, 2.75) is 13.0 Å². The molecule has 2 rings (SSSR count). The summed E-state index contributed by atoms with van der Waals surface area (Å²) in [7, 11) is 0. The number of ether oxygens (including phenoxy) is 1. The lowest BCUT2D eigenvalue weighted by atomic mass is 10.1. The van der Waals surface area contributed by atoms with E-state index in [-0.39, 0.29) is 17.1 Å². The van der Waals surface area contributed by atoms with Gasteiger partial charge in [-0.3, -0.25) is 10.1 Å². The van der Waals surface area contributed by atoms with Gasteiger partial charge in [-0.15, -0.1) is 0 Å². The molecule has 21 heavy (non-hydrogen) atoms. The second kappa shape index (κ2) is 5.84. The molecule has 0 spiro atoms. The minimum absolute atomic E-state index is 0.0687. The fraction of sp³-hybridized carbons (Fsp3) is 0.143. The van der Waals surface area contributed by atoms with Gasteiger partial charge in [-0.2, -0.15) is 0 Å². The number of non-ortho nitro benzene ring substituents is 1. The van der Waals surface area contributed by atoms with E-state index in [1.165, 1.54) is 13.0 Å². The number of nitrogens with zero attached hydrogens (tertiary/aromatic N) is 1. The van der Waals surface area contributed by atoms with E-state index in [9.17, 15) is 24.0 Å². The fourth-order valence-corrected chi connectivity index (χ4v) is 1.74. The Labute approximate surface area is 118 Å². The van der Waals surface area contributed by atoms with E-state index >= 15 is 0 Å². The van der Waals surface area contributed by atoms with Crippen molar-refractivity contribution in [3.63, 3.8) is 0 Å². The maximum atomic E-state index is 13.7. The lowest BCUT2D eigenvalue weighted by molar-refractivity contribution is -0.385. The van der Waals surface area contributed by atoms with Crippen molar-refractivity contribution in [2.24, 2.45) is 0 Å². The van der Waals surface area contributed by atoms with Crippen LogP contribution in [-0.2, 0) is 0 Å². The highest BCUT2D eigenvalue weighted by atomic mass is 19.1. The maximum Gasteiger partial charge on any atom is 0.272 e. The second-order valence-electron chi connectivity index (χ2n) is 4.33. The van der Waals surface area contributed by atoms with Crippen molar-refractivity contribution in [2.75, 3.05) is 0 Å². The van der Waals surface area contributed by atoms with Gasteiger partial charge in [0.05, 0.1) is 17.1 Å². The summed E-state index contributed by atoms with van der Waals surface area (Å²) in [6, 6.07) is 6.33. The van der Waals surface area contributed by atoms with Crippen LogP contribution in [0.1, 0.15) is 18.6 Å². The Balaban J connectivity index is 2.36. The summed E-state index contributed by atoms with van der Waals surface area (Å²) in [6.07, 6.45) is -1.02. The number of halogens is 2. The summed E-state index contributed by atoms with van der Waals surface area (Å²) in [5, 5.41) is 20.1. The van der Waals surface area contributed by atoms with Crippen LogP contribution in [0.25, 0.3) is 0 Å². The molecule has 110 valence electrons. The normalized spacial score (nSPS) is 12.0. The average Bonchev–Trinajstić information content (AvgIpc) is 2.42. The molecule has 0 amide bonds. The van der Waals surface area contributed by atoms with Gasteiger partial charge in [-0.25, -0.2) is 8.78 Å². The number of rotatable bonds is 4. The molecule has 0 aromatic heterocycles. The summed E-state index contributed by atoms with van der Waals surface area (Å²) in [5.74, 6) is -1.68. The third kappa shape index (κ3) is 3.32. The molecule has 0 radical (unpaired) electrons. The standard InChI is InChI=1S/C14H11F2NO4/c1-8(18)11-6-9(15)2-4-13(11)21-14-5-3-10(17(19)20)7-12(14)16/h2-8,18H,1H3/t8-/m0/s1. The molecule has 5 nitrogen and oxygen atoms in total. The van der Waals surface area contributed by atoms with Crippen molar-refractivity contribution in [1.29, 1.82) is 0 Å². The molecule has 1 atom stereocenters. The predicted molar refractivity (Wildman–Crippen MR) is 70.2 cm³/mol. The first-order chi connectivity index (χ1) is 9.88. The van der Waals surface area contributed by atoms with Crippen LogP contribution in [0.5, 0.6) is 11.5 Å². The Bertz CT molecular complexity index is 689. The number of nitro groups is 1. The molecule has 0 aliphatic heterocycles. The molecule has 0 bridgehead atoms. The zero-order chi connectivity index (χ0) is 15.6. The minimum atomic E-state index is -1.02. The van der Waals surface area contributed by atoms with Gasteiger partial charge in [-0.1, -0.05) is 0 Å². The second-order valence-corrected chi connectivity index (χ2v) is 4.33. The van der Waals surface area contributed by atoms with Crippen LogP contribution in [0.2, 0.25) is 0 Å². The topological polar surface area (TPSA) is 72.6 Å². The molecular weight excluding hydrogens is 284 g/mol. The van der Waals surface area contributed by atoms with Crippen LogP contribution in [0.15, 0.2) is 36.4 Å². The number of benzene rings is 2. The van der Waals surface area contributed by atoms with Crippen molar-refractivity contribution in [3.05, 3.63) is 63.7 Å². The highest BCUT2D eigenvalue weighted by molar-refractivity contribution is 5.43. The molecule has 0 heterocycles. The summed E-state index contributed by atoms with van der Waals surface area (Å²) in [6.45, 7) is 1.41. The number of hydrogen-bond acceptors (Lipinski definition) is 4. The molecule has 0 aliphatic carbocycles. The first-order valence-electron chi connectivity index (χ1n) is 5.98. The third-order valence-electron chi connectivity index (χ3n) is 2.77. The van der Waals surface area contributed by atoms with E-state index in [1.807, 2.05) is 0 Å². The van der Waals surface area contributed by atoms with E-state index in [2.05, 4.69) is 0 Å². The molecule has 0 fully saturated rings. The molecule has 1 N–H and O–H groups in total. The van der Waals surface area contributed by atoms with E-state index < -0.39 is 28.3 Å².